The van der Waals surface area contributed by atoms with E-state index in [1.165, 1.54) is 37.1 Å². The Morgan fingerprint density at radius 3 is 1.86 bits per heavy atom. The van der Waals surface area contributed by atoms with Gasteiger partial charge in [-0.3, -0.25) is 9.69 Å². The number of amides is 1. The third-order valence-electron chi connectivity index (χ3n) is 5.69. The number of hydrogen-bond donors (Lipinski definition) is 1. The van der Waals surface area contributed by atoms with Crippen LogP contribution in [0.1, 0.15) is 41.0 Å². The van der Waals surface area contributed by atoms with Crippen molar-refractivity contribution < 1.29 is 4.79 Å². The van der Waals surface area contributed by atoms with Gasteiger partial charge in [0, 0.05) is 13.1 Å². The normalized spacial score (nSPS) is 14.2. The molecule has 3 heteroatoms. The Balaban J connectivity index is 1.50. The van der Waals surface area contributed by atoms with Crippen LogP contribution < -0.4 is 5.32 Å². The third kappa shape index (κ3) is 4.93. The molecule has 3 nitrogen and oxygen atoms in total. The number of rotatable bonds is 7. The van der Waals surface area contributed by atoms with Gasteiger partial charge >= 0.3 is 0 Å². The second-order valence-electron chi connectivity index (χ2n) is 7.72. The largest absolute Gasteiger partial charge is 0.351 e. The highest BCUT2D eigenvalue weighted by molar-refractivity contribution is 5.87. The predicted molar refractivity (Wildman–Crippen MR) is 118 cm³/mol. The van der Waals surface area contributed by atoms with Crippen molar-refractivity contribution in [1.82, 2.24) is 10.2 Å². The molecule has 3 aromatic carbocycles. The van der Waals surface area contributed by atoms with Crippen molar-refractivity contribution >= 4 is 5.91 Å². The Bertz CT molecular complexity index is 878. The van der Waals surface area contributed by atoms with Gasteiger partial charge in [-0.05, 0) is 48.2 Å². The van der Waals surface area contributed by atoms with Gasteiger partial charge in [0.15, 0.2) is 0 Å². The van der Waals surface area contributed by atoms with E-state index >= 15 is 0 Å². The van der Waals surface area contributed by atoms with E-state index < -0.39 is 0 Å². The third-order valence-corrected chi connectivity index (χ3v) is 5.69. The molecule has 0 saturated carbocycles. The molecule has 1 fully saturated rings. The van der Waals surface area contributed by atoms with Crippen LogP contribution in [0.2, 0.25) is 0 Å². The fourth-order valence-corrected chi connectivity index (χ4v) is 4.14. The van der Waals surface area contributed by atoms with Gasteiger partial charge in [0.05, 0.1) is 5.92 Å². The molecular formula is C26H28N2O. The SMILES string of the molecule is O=C(NCc1ccccc1CN1CCCC1)C(c1ccccc1)c1ccccc1. The van der Waals surface area contributed by atoms with E-state index in [1.54, 1.807) is 0 Å². The Morgan fingerprint density at radius 2 is 1.28 bits per heavy atom. The number of carbonyl (C=O) groups is 1. The van der Waals surface area contributed by atoms with Gasteiger partial charge in [-0.15, -0.1) is 0 Å². The lowest BCUT2D eigenvalue weighted by Crippen LogP contribution is -2.30. The molecule has 1 N–H and O–H groups in total. The molecular weight excluding hydrogens is 356 g/mol. The summed E-state index contributed by atoms with van der Waals surface area (Å²) in [6, 6.07) is 28.5. The summed E-state index contributed by atoms with van der Waals surface area (Å²) < 4.78 is 0. The Morgan fingerprint density at radius 1 is 0.759 bits per heavy atom. The van der Waals surface area contributed by atoms with Crippen molar-refractivity contribution in [2.45, 2.75) is 31.8 Å². The van der Waals surface area contributed by atoms with Gasteiger partial charge in [-0.1, -0.05) is 84.9 Å². The van der Waals surface area contributed by atoms with Crippen LogP contribution in [-0.4, -0.2) is 23.9 Å². The average Bonchev–Trinajstić information content (AvgIpc) is 3.28. The molecule has 1 heterocycles. The zero-order valence-corrected chi connectivity index (χ0v) is 16.8. The fraction of sp³-hybridized carbons (Fsp3) is 0.269. The molecule has 0 radical (unpaired) electrons. The minimum absolute atomic E-state index is 0.0402. The molecule has 1 amide bonds. The van der Waals surface area contributed by atoms with Crippen LogP contribution in [0.15, 0.2) is 84.9 Å². The summed E-state index contributed by atoms with van der Waals surface area (Å²) in [6.07, 6.45) is 2.57. The van der Waals surface area contributed by atoms with Crippen LogP contribution in [0.5, 0.6) is 0 Å². The first kappa shape index (κ1) is 19.4. The summed E-state index contributed by atoms with van der Waals surface area (Å²) in [4.78, 5) is 15.7. The molecule has 4 rings (SSSR count). The number of likely N-dealkylation sites (tertiary alicyclic amines) is 1. The number of carbonyl (C=O) groups excluding carboxylic acids is 1. The van der Waals surface area contributed by atoms with Gasteiger partial charge < -0.3 is 5.32 Å². The zero-order chi connectivity index (χ0) is 19.9. The van der Waals surface area contributed by atoms with Crippen LogP contribution in [0.4, 0.5) is 0 Å². The van der Waals surface area contributed by atoms with Gasteiger partial charge in [0.2, 0.25) is 5.91 Å². The summed E-state index contributed by atoms with van der Waals surface area (Å²) in [5, 5.41) is 3.20. The van der Waals surface area contributed by atoms with E-state index in [2.05, 4.69) is 34.5 Å². The topological polar surface area (TPSA) is 32.3 Å². The van der Waals surface area contributed by atoms with Crippen LogP contribution in [0.3, 0.4) is 0 Å². The average molecular weight is 385 g/mol. The van der Waals surface area contributed by atoms with Crippen molar-refractivity contribution in [3.63, 3.8) is 0 Å². The quantitative estimate of drug-likeness (QED) is 0.639. The minimum atomic E-state index is -0.303. The Labute approximate surface area is 173 Å². The minimum Gasteiger partial charge on any atom is -0.351 e. The van der Waals surface area contributed by atoms with E-state index in [4.69, 9.17) is 0 Å². The molecule has 0 unspecified atom stereocenters. The van der Waals surface area contributed by atoms with Gasteiger partial charge in [0.1, 0.15) is 0 Å². The molecule has 0 bridgehead atoms. The van der Waals surface area contributed by atoms with Crippen molar-refractivity contribution in [3.05, 3.63) is 107 Å². The van der Waals surface area contributed by atoms with E-state index in [0.29, 0.717) is 6.54 Å². The molecule has 0 atom stereocenters. The summed E-state index contributed by atoms with van der Waals surface area (Å²) >= 11 is 0. The second-order valence-corrected chi connectivity index (χ2v) is 7.72. The standard InChI is InChI=1S/C26H28N2O/c29-26(25(21-11-3-1-4-12-21)22-13-5-2-6-14-22)27-19-23-15-7-8-16-24(23)20-28-17-9-10-18-28/h1-8,11-16,25H,9-10,17-20H2,(H,27,29). The monoisotopic (exact) mass is 384 g/mol. The Hall–Kier alpha value is -2.91. The molecule has 0 aliphatic carbocycles. The van der Waals surface area contributed by atoms with E-state index in [9.17, 15) is 4.79 Å². The predicted octanol–water partition coefficient (Wildman–Crippen LogP) is 4.73. The summed E-state index contributed by atoms with van der Waals surface area (Å²) in [7, 11) is 0. The molecule has 29 heavy (non-hydrogen) atoms. The van der Waals surface area contributed by atoms with E-state index in [0.717, 1.165) is 17.7 Å². The highest BCUT2D eigenvalue weighted by Gasteiger charge is 2.22. The maximum atomic E-state index is 13.3. The molecule has 1 saturated heterocycles. The summed E-state index contributed by atoms with van der Waals surface area (Å²) in [6.45, 7) is 3.86. The fourth-order valence-electron chi connectivity index (χ4n) is 4.14. The van der Waals surface area contributed by atoms with Crippen LogP contribution in [0.25, 0.3) is 0 Å². The van der Waals surface area contributed by atoms with E-state index in [1.807, 2.05) is 60.7 Å². The van der Waals surface area contributed by atoms with Crippen molar-refractivity contribution in [3.8, 4) is 0 Å². The van der Waals surface area contributed by atoms with Crippen LogP contribution in [0, 0.1) is 0 Å². The maximum Gasteiger partial charge on any atom is 0.232 e. The highest BCUT2D eigenvalue weighted by atomic mass is 16.1. The first-order valence-electron chi connectivity index (χ1n) is 10.5. The van der Waals surface area contributed by atoms with Gasteiger partial charge in [0.25, 0.3) is 0 Å². The molecule has 1 aliphatic heterocycles. The number of hydrogen-bond acceptors (Lipinski definition) is 2. The number of nitrogens with one attached hydrogen (secondary N) is 1. The number of nitrogens with zero attached hydrogens (tertiary/aromatic N) is 1. The lowest BCUT2D eigenvalue weighted by atomic mass is 9.90. The van der Waals surface area contributed by atoms with Crippen molar-refractivity contribution in [2.75, 3.05) is 13.1 Å². The van der Waals surface area contributed by atoms with Crippen molar-refractivity contribution in [2.24, 2.45) is 0 Å². The molecule has 3 aromatic rings. The second kappa shape index (κ2) is 9.53. The number of benzene rings is 3. The first-order chi connectivity index (χ1) is 14.3. The molecule has 1 aliphatic rings. The van der Waals surface area contributed by atoms with Crippen molar-refractivity contribution in [1.29, 1.82) is 0 Å². The first-order valence-corrected chi connectivity index (χ1v) is 10.5. The summed E-state index contributed by atoms with van der Waals surface area (Å²) in [5.74, 6) is -0.262. The van der Waals surface area contributed by atoms with Gasteiger partial charge in [-0.2, -0.15) is 0 Å². The molecule has 0 spiro atoms. The summed E-state index contributed by atoms with van der Waals surface area (Å²) in [5.41, 5.74) is 4.54. The smallest absolute Gasteiger partial charge is 0.232 e. The lowest BCUT2D eigenvalue weighted by Gasteiger charge is -2.20. The molecule has 148 valence electrons. The van der Waals surface area contributed by atoms with Crippen LogP contribution >= 0.6 is 0 Å². The maximum absolute atomic E-state index is 13.3. The highest BCUT2D eigenvalue weighted by Crippen LogP contribution is 2.25. The molecule has 0 aromatic heterocycles. The van der Waals surface area contributed by atoms with Gasteiger partial charge in [-0.25, -0.2) is 0 Å². The van der Waals surface area contributed by atoms with Crippen LogP contribution in [-0.2, 0) is 17.9 Å². The zero-order valence-electron chi connectivity index (χ0n) is 16.8. The van der Waals surface area contributed by atoms with E-state index in [-0.39, 0.29) is 11.8 Å². The lowest BCUT2D eigenvalue weighted by molar-refractivity contribution is -0.121. The Kier molecular flexibility index (Phi) is 6.38.